The summed E-state index contributed by atoms with van der Waals surface area (Å²) in [6.07, 6.45) is 0.138. The van der Waals surface area contributed by atoms with Crippen LogP contribution in [0.3, 0.4) is 0 Å². The van der Waals surface area contributed by atoms with Crippen molar-refractivity contribution in [1.29, 1.82) is 0 Å². The third-order valence-electron chi connectivity index (χ3n) is 3.28. The van der Waals surface area contributed by atoms with Crippen molar-refractivity contribution in [3.8, 4) is 11.5 Å². The highest BCUT2D eigenvalue weighted by molar-refractivity contribution is 7.80. The summed E-state index contributed by atoms with van der Waals surface area (Å²) in [7, 11) is 1.57. The number of rotatable bonds is 6. The van der Waals surface area contributed by atoms with Gasteiger partial charge in [-0.2, -0.15) is 0 Å². The molecule has 0 saturated heterocycles. The second kappa shape index (κ2) is 10.3. The first kappa shape index (κ1) is 20.5. The number of benzene rings is 2. The van der Waals surface area contributed by atoms with Crippen LogP contribution in [0.15, 0.2) is 48.5 Å². The minimum atomic E-state index is -0.461. The Morgan fingerprint density at radius 3 is 2.22 bits per heavy atom. The predicted molar refractivity (Wildman–Crippen MR) is 106 cm³/mol. The topological polar surface area (TPSA) is 88.7 Å². The van der Waals surface area contributed by atoms with Crippen LogP contribution in [0.25, 0.3) is 0 Å². The van der Waals surface area contributed by atoms with Gasteiger partial charge in [-0.25, -0.2) is 0 Å². The Kier molecular flexibility index (Phi) is 7.84. The zero-order valence-corrected chi connectivity index (χ0v) is 16.0. The number of methoxy groups -OCH3 is 1. The van der Waals surface area contributed by atoms with Crippen LogP contribution in [-0.2, 0) is 16.0 Å². The van der Waals surface area contributed by atoms with Crippen molar-refractivity contribution in [2.45, 2.75) is 6.42 Å². The lowest BCUT2D eigenvalue weighted by Crippen LogP contribution is -2.49. The lowest BCUT2D eigenvalue weighted by molar-refractivity contribution is -0.124. The molecule has 0 radical (unpaired) electrons. The van der Waals surface area contributed by atoms with E-state index in [0.717, 1.165) is 5.56 Å². The maximum absolute atomic E-state index is 11.9. The molecule has 0 spiro atoms. The fourth-order valence-electron chi connectivity index (χ4n) is 1.97. The molecule has 0 fully saturated rings. The van der Waals surface area contributed by atoms with Crippen LogP contribution in [0.1, 0.15) is 5.56 Å². The van der Waals surface area contributed by atoms with Gasteiger partial charge < -0.3 is 14.8 Å². The van der Waals surface area contributed by atoms with Gasteiger partial charge in [-0.15, -0.1) is 0 Å². The zero-order valence-electron chi connectivity index (χ0n) is 14.5. The van der Waals surface area contributed by atoms with Crippen molar-refractivity contribution < 1.29 is 19.1 Å². The molecular formula is C18H18ClN3O4S. The summed E-state index contributed by atoms with van der Waals surface area (Å²) in [5, 5.41) is 3.03. The van der Waals surface area contributed by atoms with Crippen LogP contribution in [0.2, 0.25) is 5.02 Å². The van der Waals surface area contributed by atoms with Crippen LogP contribution in [-0.4, -0.2) is 30.6 Å². The van der Waals surface area contributed by atoms with Gasteiger partial charge in [0.05, 0.1) is 13.5 Å². The van der Waals surface area contributed by atoms with Crippen molar-refractivity contribution in [2.75, 3.05) is 13.7 Å². The number of halogens is 1. The highest BCUT2D eigenvalue weighted by atomic mass is 35.5. The van der Waals surface area contributed by atoms with Gasteiger partial charge >= 0.3 is 0 Å². The molecule has 0 aromatic heterocycles. The largest absolute Gasteiger partial charge is 0.497 e. The molecule has 7 nitrogen and oxygen atoms in total. The van der Waals surface area contributed by atoms with Gasteiger partial charge in [0.2, 0.25) is 5.91 Å². The van der Waals surface area contributed by atoms with Crippen LogP contribution >= 0.6 is 23.8 Å². The molecule has 0 aliphatic heterocycles. The van der Waals surface area contributed by atoms with E-state index < -0.39 is 5.91 Å². The summed E-state index contributed by atoms with van der Waals surface area (Å²) in [5.74, 6) is 0.436. The first-order chi connectivity index (χ1) is 13.0. The third kappa shape index (κ3) is 7.51. The molecule has 0 aliphatic carbocycles. The third-order valence-corrected chi connectivity index (χ3v) is 3.73. The quantitative estimate of drug-likeness (QED) is 0.501. The highest BCUT2D eigenvalue weighted by Crippen LogP contribution is 2.15. The number of hydrogen-bond donors (Lipinski definition) is 3. The standard InChI is InChI=1S/C18H18ClN3O4S/c1-25-14-6-2-12(3-7-14)10-16(23)20-18(27)22-21-17(24)11-26-15-8-4-13(19)5-9-15/h2-9H,10-11H2,1H3,(H,21,24)(H2,20,22,23,27). The maximum atomic E-state index is 11.9. The Morgan fingerprint density at radius 2 is 1.59 bits per heavy atom. The molecule has 0 bridgehead atoms. The van der Waals surface area contributed by atoms with E-state index in [9.17, 15) is 9.59 Å². The monoisotopic (exact) mass is 407 g/mol. The zero-order chi connectivity index (χ0) is 19.6. The first-order valence-corrected chi connectivity index (χ1v) is 8.65. The number of hydrazine groups is 1. The van der Waals surface area contributed by atoms with Crippen molar-refractivity contribution in [3.63, 3.8) is 0 Å². The summed E-state index contributed by atoms with van der Waals surface area (Å²) in [5.41, 5.74) is 5.58. The molecule has 0 unspecified atom stereocenters. The molecule has 3 N–H and O–H groups in total. The minimum Gasteiger partial charge on any atom is -0.497 e. The Morgan fingerprint density at radius 1 is 0.963 bits per heavy atom. The Bertz CT molecular complexity index is 797. The Hall–Kier alpha value is -2.84. The van der Waals surface area contributed by atoms with E-state index in [2.05, 4.69) is 16.2 Å². The van der Waals surface area contributed by atoms with Crippen LogP contribution in [0.4, 0.5) is 0 Å². The molecule has 27 heavy (non-hydrogen) atoms. The number of thiocarbonyl (C=S) groups is 1. The smallest absolute Gasteiger partial charge is 0.276 e. The molecular weight excluding hydrogens is 390 g/mol. The van der Waals surface area contributed by atoms with Crippen molar-refractivity contribution in [3.05, 3.63) is 59.1 Å². The van der Waals surface area contributed by atoms with Gasteiger partial charge in [0.15, 0.2) is 11.7 Å². The van der Waals surface area contributed by atoms with E-state index in [1.165, 1.54) is 0 Å². The van der Waals surface area contributed by atoms with Crippen LogP contribution in [0, 0.1) is 0 Å². The average Bonchev–Trinajstić information content (AvgIpc) is 2.66. The lowest BCUT2D eigenvalue weighted by Gasteiger charge is -2.11. The fourth-order valence-corrected chi connectivity index (χ4v) is 2.26. The van der Waals surface area contributed by atoms with E-state index in [4.69, 9.17) is 33.3 Å². The normalized spacial score (nSPS) is 9.85. The second-order valence-corrected chi connectivity index (χ2v) is 6.16. The van der Waals surface area contributed by atoms with Crippen molar-refractivity contribution in [1.82, 2.24) is 16.2 Å². The Balaban J connectivity index is 1.67. The van der Waals surface area contributed by atoms with E-state index in [-0.39, 0.29) is 24.0 Å². The summed E-state index contributed by atoms with van der Waals surface area (Å²) in [6.45, 7) is -0.225. The Labute approximate surface area is 167 Å². The van der Waals surface area contributed by atoms with Crippen LogP contribution < -0.4 is 25.6 Å². The molecule has 2 aromatic rings. The van der Waals surface area contributed by atoms with Crippen LogP contribution in [0.5, 0.6) is 11.5 Å². The molecule has 0 heterocycles. The number of carbonyl (C=O) groups excluding carboxylic acids is 2. The summed E-state index contributed by atoms with van der Waals surface area (Å²) >= 11 is 10.7. The molecule has 0 aliphatic rings. The van der Waals surface area contributed by atoms with E-state index in [1.54, 1.807) is 55.6 Å². The van der Waals surface area contributed by atoms with E-state index in [0.29, 0.717) is 16.5 Å². The number of amides is 2. The minimum absolute atomic E-state index is 0.0200. The van der Waals surface area contributed by atoms with Gasteiger partial charge in [-0.1, -0.05) is 23.7 Å². The highest BCUT2D eigenvalue weighted by Gasteiger charge is 2.08. The van der Waals surface area contributed by atoms with Gasteiger partial charge in [0.25, 0.3) is 5.91 Å². The molecule has 9 heteroatoms. The van der Waals surface area contributed by atoms with Gasteiger partial charge in [-0.05, 0) is 54.2 Å². The van der Waals surface area contributed by atoms with E-state index >= 15 is 0 Å². The number of carbonyl (C=O) groups is 2. The predicted octanol–water partition coefficient (Wildman–Crippen LogP) is 1.99. The van der Waals surface area contributed by atoms with Crippen molar-refractivity contribution in [2.24, 2.45) is 0 Å². The average molecular weight is 408 g/mol. The number of nitrogens with one attached hydrogen (secondary N) is 3. The van der Waals surface area contributed by atoms with Crippen molar-refractivity contribution >= 4 is 40.7 Å². The lowest BCUT2D eigenvalue weighted by atomic mass is 10.1. The summed E-state index contributed by atoms with van der Waals surface area (Å²) in [6, 6.07) is 13.7. The molecule has 0 atom stereocenters. The molecule has 2 aromatic carbocycles. The van der Waals surface area contributed by atoms with Gasteiger partial charge in [0.1, 0.15) is 11.5 Å². The molecule has 2 rings (SSSR count). The molecule has 142 valence electrons. The fraction of sp³-hybridized carbons (Fsp3) is 0.167. The van der Waals surface area contributed by atoms with E-state index in [1.807, 2.05) is 0 Å². The number of ether oxygens (including phenoxy) is 2. The SMILES string of the molecule is COc1ccc(CC(=O)NC(=S)NNC(=O)COc2ccc(Cl)cc2)cc1. The first-order valence-electron chi connectivity index (χ1n) is 7.86. The summed E-state index contributed by atoms with van der Waals surface area (Å²) < 4.78 is 10.3. The second-order valence-electron chi connectivity index (χ2n) is 5.32. The molecule has 0 saturated carbocycles. The maximum Gasteiger partial charge on any atom is 0.276 e. The summed E-state index contributed by atoms with van der Waals surface area (Å²) in [4.78, 5) is 23.7. The van der Waals surface area contributed by atoms with Gasteiger partial charge in [0, 0.05) is 5.02 Å². The van der Waals surface area contributed by atoms with Gasteiger partial charge in [-0.3, -0.25) is 20.4 Å². The number of hydrogen-bond acceptors (Lipinski definition) is 5. The molecule has 2 amide bonds.